The molecule has 0 spiro atoms. The normalized spacial score (nSPS) is 23.3. The molecule has 1 fully saturated rings. The lowest BCUT2D eigenvalue weighted by atomic mass is 9.80. The molecule has 2 heterocycles. The number of piperidine rings is 1. The van der Waals surface area contributed by atoms with Crippen molar-refractivity contribution in [2.45, 2.75) is 25.7 Å². The van der Waals surface area contributed by atoms with Crippen molar-refractivity contribution in [2.75, 3.05) is 19.7 Å². The summed E-state index contributed by atoms with van der Waals surface area (Å²) in [7, 11) is 0. The number of nitrogens with zero attached hydrogens (tertiary/aromatic N) is 1. The number of benzene rings is 1. The summed E-state index contributed by atoms with van der Waals surface area (Å²) in [5, 5.41) is 9.24. The topological polar surface area (TPSA) is 66.8 Å². The zero-order valence-electron chi connectivity index (χ0n) is 12.0. The van der Waals surface area contributed by atoms with Gasteiger partial charge in [0.2, 0.25) is 5.91 Å². The molecule has 1 unspecified atom stereocenters. The van der Waals surface area contributed by atoms with E-state index in [9.17, 15) is 14.7 Å². The van der Waals surface area contributed by atoms with Crippen LogP contribution in [0, 0.1) is 5.41 Å². The number of carbonyl (C=O) groups excluding carboxylic acids is 1. The van der Waals surface area contributed by atoms with Crippen molar-refractivity contribution >= 4 is 11.9 Å². The van der Waals surface area contributed by atoms with Gasteiger partial charge in [0.25, 0.3) is 0 Å². The molecular weight excluding hydrogens is 270 g/mol. The largest absolute Gasteiger partial charge is 0.492 e. The highest BCUT2D eigenvalue weighted by molar-refractivity contribution is 5.86. The number of ether oxygens (including phenoxy) is 1. The number of carboxylic acid groups (broad SMARTS) is 1. The molecule has 5 nitrogen and oxygen atoms in total. The van der Waals surface area contributed by atoms with E-state index >= 15 is 0 Å². The molecule has 1 aromatic rings. The molecule has 0 aliphatic carbocycles. The van der Waals surface area contributed by atoms with Gasteiger partial charge in [0.15, 0.2) is 0 Å². The van der Waals surface area contributed by atoms with Crippen LogP contribution in [0.15, 0.2) is 24.3 Å². The third-order valence-electron chi connectivity index (χ3n) is 4.69. The Bertz CT molecular complexity index is 575. The zero-order chi connectivity index (χ0) is 15.0. The van der Waals surface area contributed by atoms with E-state index in [2.05, 4.69) is 0 Å². The van der Waals surface area contributed by atoms with Crippen molar-refractivity contribution in [2.24, 2.45) is 5.41 Å². The van der Waals surface area contributed by atoms with Gasteiger partial charge in [-0.15, -0.1) is 0 Å². The van der Waals surface area contributed by atoms with Crippen LogP contribution in [0.25, 0.3) is 0 Å². The Kier molecular flexibility index (Phi) is 3.35. The third kappa shape index (κ3) is 2.37. The number of rotatable bonds is 2. The van der Waals surface area contributed by atoms with Gasteiger partial charge in [0, 0.05) is 18.7 Å². The van der Waals surface area contributed by atoms with Crippen molar-refractivity contribution < 1.29 is 19.4 Å². The number of hydrogen-bond donors (Lipinski definition) is 1. The van der Waals surface area contributed by atoms with E-state index in [4.69, 9.17) is 4.74 Å². The number of para-hydroxylation sites is 1. The minimum absolute atomic E-state index is 0.0485. The first-order valence-electron chi connectivity index (χ1n) is 7.25. The number of hydrogen-bond acceptors (Lipinski definition) is 3. The van der Waals surface area contributed by atoms with Crippen molar-refractivity contribution in [3.8, 4) is 5.75 Å². The highest BCUT2D eigenvalue weighted by Gasteiger charge is 2.40. The fourth-order valence-corrected chi connectivity index (χ4v) is 3.02. The summed E-state index contributed by atoms with van der Waals surface area (Å²) < 4.78 is 5.56. The number of carboxylic acids is 1. The van der Waals surface area contributed by atoms with Crippen LogP contribution >= 0.6 is 0 Å². The third-order valence-corrected chi connectivity index (χ3v) is 4.69. The Balaban J connectivity index is 1.70. The summed E-state index contributed by atoms with van der Waals surface area (Å²) in [4.78, 5) is 25.7. The van der Waals surface area contributed by atoms with Gasteiger partial charge in [-0.05, 0) is 25.8 Å². The number of carbonyl (C=O) groups is 2. The fourth-order valence-electron chi connectivity index (χ4n) is 3.02. The highest BCUT2D eigenvalue weighted by Crippen LogP contribution is 2.37. The molecule has 2 aliphatic heterocycles. The molecule has 2 aliphatic rings. The van der Waals surface area contributed by atoms with Crippen molar-refractivity contribution in [1.29, 1.82) is 0 Å². The lowest BCUT2D eigenvalue weighted by Crippen LogP contribution is -2.46. The van der Waals surface area contributed by atoms with Gasteiger partial charge in [0.1, 0.15) is 18.3 Å². The molecule has 112 valence electrons. The smallest absolute Gasteiger partial charge is 0.309 e. The number of amides is 1. The molecule has 1 saturated heterocycles. The summed E-state index contributed by atoms with van der Waals surface area (Å²) >= 11 is 0. The Morgan fingerprint density at radius 2 is 1.95 bits per heavy atom. The summed E-state index contributed by atoms with van der Waals surface area (Å²) in [5.41, 5.74) is 0.231. The number of likely N-dealkylation sites (tertiary alicyclic amines) is 1. The van der Waals surface area contributed by atoms with E-state index in [-0.39, 0.29) is 11.8 Å². The Labute approximate surface area is 123 Å². The fraction of sp³-hybridized carbons (Fsp3) is 0.500. The molecule has 0 aromatic heterocycles. The first-order valence-corrected chi connectivity index (χ1v) is 7.25. The average Bonchev–Trinajstić information content (AvgIpc) is 2.91. The molecule has 1 N–H and O–H groups in total. The molecule has 3 rings (SSSR count). The van der Waals surface area contributed by atoms with Gasteiger partial charge < -0.3 is 14.7 Å². The van der Waals surface area contributed by atoms with Gasteiger partial charge in [-0.1, -0.05) is 18.2 Å². The average molecular weight is 289 g/mol. The SMILES string of the molecule is CC1(C(=O)O)CCN(C(=O)C2COc3ccccc32)CC1. The highest BCUT2D eigenvalue weighted by atomic mass is 16.5. The summed E-state index contributed by atoms with van der Waals surface area (Å²) in [6, 6.07) is 7.60. The molecule has 21 heavy (non-hydrogen) atoms. The molecule has 5 heteroatoms. The van der Waals surface area contributed by atoms with Crippen LogP contribution in [0.3, 0.4) is 0 Å². The minimum atomic E-state index is -0.774. The summed E-state index contributed by atoms with van der Waals surface area (Å²) in [6.45, 7) is 3.14. The first kappa shape index (κ1) is 13.9. The Hall–Kier alpha value is -2.04. The van der Waals surface area contributed by atoms with Gasteiger partial charge in [-0.25, -0.2) is 0 Å². The molecule has 1 aromatic carbocycles. The predicted molar refractivity (Wildman–Crippen MR) is 76.2 cm³/mol. The Morgan fingerprint density at radius 3 is 2.62 bits per heavy atom. The number of fused-ring (bicyclic) bond motifs is 1. The van der Waals surface area contributed by atoms with Gasteiger partial charge in [-0.2, -0.15) is 0 Å². The van der Waals surface area contributed by atoms with Crippen LogP contribution in [-0.4, -0.2) is 41.6 Å². The molecule has 0 saturated carbocycles. The van der Waals surface area contributed by atoms with Crippen LogP contribution in [0.5, 0.6) is 5.75 Å². The lowest BCUT2D eigenvalue weighted by Gasteiger charge is -2.37. The van der Waals surface area contributed by atoms with Gasteiger partial charge in [0.05, 0.1) is 5.41 Å². The quantitative estimate of drug-likeness (QED) is 0.902. The maximum absolute atomic E-state index is 12.6. The van der Waals surface area contributed by atoms with Crippen molar-refractivity contribution in [3.63, 3.8) is 0 Å². The van der Waals surface area contributed by atoms with Crippen molar-refractivity contribution in [1.82, 2.24) is 4.90 Å². The Morgan fingerprint density at radius 1 is 1.29 bits per heavy atom. The van der Waals surface area contributed by atoms with Crippen LogP contribution in [0.4, 0.5) is 0 Å². The molecule has 1 amide bonds. The van der Waals surface area contributed by atoms with Crippen LogP contribution in [-0.2, 0) is 9.59 Å². The first-order chi connectivity index (χ1) is 10.0. The molecule has 1 atom stereocenters. The molecule has 0 radical (unpaired) electrons. The standard InChI is InChI=1S/C16H19NO4/c1-16(15(19)20)6-8-17(9-7-16)14(18)12-10-21-13-5-3-2-4-11(12)13/h2-5,12H,6-10H2,1H3,(H,19,20). The van der Waals surface area contributed by atoms with E-state index in [0.717, 1.165) is 11.3 Å². The van der Waals surface area contributed by atoms with Gasteiger partial charge in [-0.3, -0.25) is 9.59 Å². The number of aliphatic carboxylic acids is 1. The second kappa shape index (κ2) is 5.06. The summed E-state index contributed by atoms with van der Waals surface area (Å²) in [5.74, 6) is -0.199. The lowest BCUT2D eigenvalue weighted by molar-refractivity contribution is -0.153. The van der Waals surface area contributed by atoms with Crippen LogP contribution in [0.1, 0.15) is 31.2 Å². The summed E-state index contributed by atoms with van der Waals surface area (Å²) in [6.07, 6.45) is 1.01. The van der Waals surface area contributed by atoms with Crippen molar-refractivity contribution in [3.05, 3.63) is 29.8 Å². The van der Waals surface area contributed by atoms with Gasteiger partial charge >= 0.3 is 5.97 Å². The van der Waals surface area contributed by atoms with Crippen LogP contribution < -0.4 is 4.74 Å². The minimum Gasteiger partial charge on any atom is -0.492 e. The second-order valence-corrected chi connectivity index (χ2v) is 6.09. The maximum Gasteiger partial charge on any atom is 0.309 e. The zero-order valence-corrected chi connectivity index (χ0v) is 12.0. The van der Waals surface area contributed by atoms with Crippen LogP contribution in [0.2, 0.25) is 0 Å². The van der Waals surface area contributed by atoms with E-state index in [1.165, 1.54) is 0 Å². The maximum atomic E-state index is 12.6. The van der Waals surface area contributed by atoms with E-state index < -0.39 is 11.4 Å². The van der Waals surface area contributed by atoms with E-state index in [0.29, 0.717) is 32.5 Å². The van der Waals surface area contributed by atoms with E-state index in [1.54, 1.807) is 11.8 Å². The molecular formula is C16H19NO4. The van der Waals surface area contributed by atoms with E-state index in [1.807, 2.05) is 24.3 Å². The predicted octanol–water partition coefficient (Wildman–Crippen LogP) is 1.88. The second-order valence-electron chi connectivity index (χ2n) is 6.09. The molecule has 0 bridgehead atoms. The monoisotopic (exact) mass is 289 g/mol.